The van der Waals surface area contributed by atoms with Crippen molar-refractivity contribution in [3.8, 4) is 0 Å². The fourth-order valence-corrected chi connectivity index (χ4v) is 6.11. The summed E-state index contributed by atoms with van der Waals surface area (Å²) in [7, 11) is -4.06. The number of rotatable bonds is 13. The highest BCUT2D eigenvalue weighted by Crippen LogP contribution is 2.45. The van der Waals surface area contributed by atoms with Crippen LogP contribution in [0.2, 0.25) is 0 Å². The van der Waals surface area contributed by atoms with Crippen molar-refractivity contribution in [2.24, 2.45) is 0 Å². The van der Waals surface area contributed by atoms with Gasteiger partial charge >= 0.3 is 13.6 Å². The van der Waals surface area contributed by atoms with Crippen molar-refractivity contribution in [3.63, 3.8) is 0 Å². The van der Waals surface area contributed by atoms with Gasteiger partial charge < -0.3 is 14.5 Å². The van der Waals surface area contributed by atoms with Crippen LogP contribution in [0, 0.1) is 0 Å². The molecule has 3 aromatic carbocycles. The monoisotopic (exact) mass is 549 g/mol. The molecule has 1 aliphatic heterocycles. The Kier molecular flexibility index (Phi) is 10.5. The third-order valence-electron chi connectivity index (χ3n) is 6.86. The van der Waals surface area contributed by atoms with Crippen LogP contribution in [0.15, 0.2) is 91.0 Å². The molecule has 1 fully saturated rings. The van der Waals surface area contributed by atoms with Crippen molar-refractivity contribution in [1.29, 1.82) is 0 Å². The fraction of sp³-hybridized carbons (Fsp3) is 0.355. The Hall–Kier alpha value is -3.25. The van der Waals surface area contributed by atoms with Crippen LogP contribution in [0.25, 0.3) is 0 Å². The molecule has 0 saturated carbocycles. The Balaban J connectivity index is 1.39. The molecule has 206 valence electrons. The zero-order valence-electron chi connectivity index (χ0n) is 22.1. The predicted molar refractivity (Wildman–Crippen MR) is 150 cm³/mol. The van der Waals surface area contributed by atoms with Gasteiger partial charge in [0.15, 0.2) is 0 Å². The van der Waals surface area contributed by atoms with E-state index >= 15 is 0 Å². The first-order chi connectivity index (χ1) is 18.9. The summed E-state index contributed by atoms with van der Waals surface area (Å²) in [6.07, 6.45) is 2.06. The summed E-state index contributed by atoms with van der Waals surface area (Å²) < 4.78 is 24.3. The van der Waals surface area contributed by atoms with Crippen LogP contribution in [0.4, 0.5) is 0 Å². The molecule has 7 nitrogen and oxygen atoms in total. The normalized spacial score (nSPS) is 17.4. The Morgan fingerprint density at radius 3 is 2.10 bits per heavy atom. The molecule has 1 N–H and O–H groups in total. The number of ether oxygens (including phenoxy) is 1. The van der Waals surface area contributed by atoms with Crippen molar-refractivity contribution in [1.82, 2.24) is 4.90 Å². The van der Waals surface area contributed by atoms with Crippen LogP contribution in [-0.2, 0) is 42.9 Å². The van der Waals surface area contributed by atoms with Gasteiger partial charge in [0.2, 0.25) is 0 Å². The number of hydrogen-bond donors (Lipinski definition) is 1. The van der Waals surface area contributed by atoms with E-state index in [1.54, 1.807) is 0 Å². The highest BCUT2D eigenvalue weighted by molar-refractivity contribution is 7.52. The molecule has 0 radical (unpaired) electrons. The van der Waals surface area contributed by atoms with E-state index in [-0.39, 0.29) is 19.2 Å². The first kappa shape index (κ1) is 28.8. The van der Waals surface area contributed by atoms with Crippen LogP contribution >= 0.6 is 7.60 Å². The molecule has 3 atom stereocenters. The molecular formula is C31H36NO6P. The zero-order chi connectivity index (χ0) is 27.5. The summed E-state index contributed by atoms with van der Waals surface area (Å²) >= 11 is 0. The second-order valence-corrected chi connectivity index (χ2v) is 11.8. The number of hydrogen-bond acceptors (Lipinski definition) is 5. The molecule has 3 aromatic rings. The second kappa shape index (κ2) is 14.2. The van der Waals surface area contributed by atoms with Crippen LogP contribution < -0.4 is 0 Å². The average molecular weight is 550 g/mol. The number of amides is 1. The van der Waals surface area contributed by atoms with Gasteiger partial charge in [-0.05, 0) is 48.8 Å². The van der Waals surface area contributed by atoms with Crippen LogP contribution in [0.1, 0.15) is 42.4 Å². The summed E-state index contributed by atoms with van der Waals surface area (Å²) in [6.45, 7) is 0.488. The maximum absolute atomic E-state index is 13.7. The molecule has 1 heterocycles. The summed E-state index contributed by atoms with van der Waals surface area (Å²) in [5.74, 6) is -0.937. The minimum atomic E-state index is -4.06. The minimum Gasteiger partial charge on any atom is -0.459 e. The summed E-state index contributed by atoms with van der Waals surface area (Å²) in [6, 6.07) is 27.8. The van der Waals surface area contributed by atoms with Gasteiger partial charge in [0.05, 0.1) is 6.16 Å². The van der Waals surface area contributed by atoms with E-state index in [0.717, 1.165) is 24.0 Å². The summed E-state index contributed by atoms with van der Waals surface area (Å²) in [5.41, 5.74) is 2.84. The van der Waals surface area contributed by atoms with Crippen LogP contribution in [0.5, 0.6) is 0 Å². The predicted octanol–water partition coefficient (Wildman–Crippen LogP) is 5.56. The van der Waals surface area contributed by atoms with Gasteiger partial charge in [-0.2, -0.15) is 0 Å². The van der Waals surface area contributed by atoms with Crippen molar-refractivity contribution in [2.75, 3.05) is 12.7 Å². The molecule has 1 aliphatic rings. The number of carbonyl (C=O) groups excluding carboxylic acids is 2. The second-order valence-electron chi connectivity index (χ2n) is 9.87. The van der Waals surface area contributed by atoms with Gasteiger partial charge in [-0.15, -0.1) is 0 Å². The molecule has 8 heteroatoms. The topological polar surface area (TPSA) is 93.1 Å². The zero-order valence-corrected chi connectivity index (χ0v) is 23.0. The van der Waals surface area contributed by atoms with Crippen molar-refractivity contribution in [3.05, 3.63) is 108 Å². The molecular weight excluding hydrogens is 513 g/mol. The van der Waals surface area contributed by atoms with E-state index in [1.165, 1.54) is 10.5 Å². The van der Waals surface area contributed by atoms with Crippen molar-refractivity contribution < 1.29 is 28.3 Å². The van der Waals surface area contributed by atoms with Crippen LogP contribution in [-0.4, -0.2) is 46.5 Å². The molecule has 39 heavy (non-hydrogen) atoms. The SMILES string of the molecule is O=C(OCc1ccccc1)[C@@H]1CCCN1C(=O)[C@H](Cc1ccccc1)OP(=O)(O)CCCCc1ccccc1. The van der Waals surface area contributed by atoms with Gasteiger partial charge in [-0.3, -0.25) is 13.9 Å². The lowest BCUT2D eigenvalue weighted by molar-refractivity contribution is -0.156. The standard InChI is InChI=1S/C31H36NO6P/c33-30(32-21-12-20-28(32)31(34)37-24-27-18-8-3-9-19-27)29(23-26-16-6-2-7-17-26)38-39(35,36)22-11-10-15-25-13-4-1-5-14-25/h1-9,13-14,16-19,28-29H,10-12,15,20-24H2,(H,35,36)/t28-,29-/m0/s1. The number of esters is 1. The van der Waals surface area contributed by atoms with Gasteiger partial charge in [0, 0.05) is 13.0 Å². The average Bonchev–Trinajstić information content (AvgIpc) is 3.45. The molecule has 0 bridgehead atoms. The molecule has 1 amide bonds. The number of nitrogens with zero attached hydrogens (tertiary/aromatic N) is 1. The number of carbonyl (C=O) groups is 2. The van der Waals surface area contributed by atoms with Gasteiger partial charge in [-0.25, -0.2) is 4.79 Å². The highest BCUT2D eigenvalue weighted by atomic mass is 31.2. The lowest BCUT2D eigenvalue weighted by Gasteiger charge is -2.29. The van der Waals surface area contributed by atoms with E-state index < -0.39 is 31.6 Å². The number of benzene rings is 3. The lowest BCUT2D eigenvalue weighted by Crippen LogP contribution is -2.47. The Bertz CT molecular complexity index is 1240. The smallest absolute Gasteiger partial charge is 0.329 e. The number of unbranched alkanes of at least 4 members (excludes halogenated alkanes) is 1. The van der Waals surface area contributed by atoms with E-state index in [9.17, 15) is 19.0 Å². The maximum Gasteiger partial charge on any atom is 0.329 e. The maximum atomic E-state index is 13.7. The van der Waals surface area contributed by atoms with Crippen LogP contribution in [0.3, 0.4) is 0 Å². The number of likely N-dealkylation sites (tertiary alicyclic amines) is 1. The molecule has 4 rings (SSSR count). The highest BCUT2D eigenvalue weighted by Gasteiger charge is 2.40. The largest absolute Gasteiger partial charge is 0.459 e. The lowest BCUT2D eigenvalue weighted by atomic mass is 10.1. The molecule has 0 spiro atoms. The van der Waals surface area contributed by atoms with Crippen molar-refractivity contribution >= 4 is 19.5 Å². The Morgan fingerprint density at radius 2 is 1.46 bits per heavy atom. The summed E-state index contributed by atoms with van der Waals surface area (Å²) in [5, 5.41) is 0. The fourth-order valence-electron chi connectivity index (χ4n) is 4.82. The Morgan fingerprint density at radius 1 is 0.872 bits per heavy atom. The quantitative estimate of drug-likeness (QED) is 0.171. The first-order valence-electron chi connectivity index (χ1n) is 13.5. The van der Waals surface area contributed by atoms with Gasteiger partial charge in [0.25, 0.3) is 5.91 Å². The molecule has 1 unspecified atom stereocenters. The van der Waals surface area contributed by atoms with E-state index in [2.05, 4.69) is 0 Å². The van der Waals surface area contributed by atoms with E-state index in [1.807, 2.05) is 91.0 Å². The molecule has 0 aromatic heterocycles. The molecule has 1 saturated heterocycles. The third kappa shape index (κ3) is 8.89. The van der Waals surface area contributed by atoms with Gasteiger partial charge in [-0.1, -0.05) is 91.0 Å². The van der Waals surface area contributed by atoms with E-state index in [0.29, 0.717) is 25.8 Å². The summed E-state index contributed by atoms with van der Waals surface area (Å²) in [4.78, 5) is 38.8. The molecule has 0 aliphatic carbocycles. The van der Waals surface area contributed by atoms with Crippen molar-refractivity contribution in [2.45, 2.75) is 57.3 Å². The Labute approximate surface area is 230 Å². The number of aryl methyl sites for hydroxylation is 1. The van der Waals surface area contributed by atoms with E-state index in [4.69, 9.17) is 9.26 Å². The van der Waals surface area contributed by atoms with Gasteiger partial charge in [0.1, 0.15) is 18.8 Å². The first-order valence-corrected chi connectivity index (χ1v) is 15.3. The third-order valence-corrected chi connectivity index (χ3v) is 8.33. The minimum absolute atomic E-state index is 0.0407.